The van der Waals surface area contributed by atoms with Crippen LogP contribution in [0.4, 0.5) is 0 Å². The van der Waals surface area contributed by atoms with Gasteiger partial charge >= 0.3 is 0 Å². The molecule has 21 heavy (non-hydrogen) atoms. The quantitative estimate of drug-likeness (QED) is 0.613. The molecule has 1 aromatic heterocycles. The number of nitrogens with zero attached hydrogens (tertiary/aromatic N) is 2. The fourth-order valence-electron chi connectivity index (χ4n) is 1.42. The van der Waals surface area contributed by atoms with Crippen molar-refractivity contribution in [3.8, 4) is 0 Å². The van der Waals surface area contributed by atoms with Gasteiger partial charge in [0, 0.05) is 11.3 Å². The lowest BCUT2D eigenvalue weighted by Gasteiger charge is -2.07. The Morgan fingerprint density at radius 1 is 1.43 bits per heavy atom. The molecule has 0 N–H and O–H groups in total. The lowest BCUT2D eigenvalue weighted by Crippen LogP contribution is -2.23. The first kappa shape index (κ1) is 15.9. The minimum atomic E-state index is -1.37. The summed E-state index contributed by atoms with van der Waals surface area (Å²) >= 11 is 12.7. The molecule has 0 amide bonds. The molecule has 110 valence electrons. The molecule has 0 spiro atoms. The van der Waals surface area contributed by atoms with E-state index in [0.29, 0.717) is 22.9 Å². The van der Waals surface area contributed by atoms with Crippen LogP contribution in [0, 0.1) is 0 Å². The Bertz CT molecular complexity index is 700. The predicted molar refractivity (Wildman–Crippen MR) is 79.0 cm³/mol. The average Bonchev–Trinajstić information content (AvgIpc) is 2.90. The minimum Gasteiger partial charge on any atom is -0.544 e. The summed E-state index contributed by atoms with van der Waals surface area (Å²) in [4.78, 5) is 11.1. The molecule has 5 nitrogen and oxygen atoms in total. The second kappa shape index (κ2) is 6.98. The molecule has 0 bridgehead atoms. The van der Waals surface area contributed by atoms with Crippen molar-refractivity contribution >= 4 is 47.0 Å². The Kier molecular flexibility index (Phi) is 5.27. The number of carboxylic acids is 1. The van der Waals surface area contributed by atoms with Crippen molar-refractivity contribution in [2.75, 3.05) is 0 Å². The predicted octanol–water partition coefficient (Wildman–Crippen LogP) is 2.82. The third-order valence-electron chi connectivity index (χ3n) is 2.42. The number of halogens is 2. The van der Waals surface area contributed by atoms with Gasteiger partial charge in [0.15, 0.2) is 0 Å². The zero-order valence-electron chi connectivity index (χ0n) is 10.8. The molecule has 2 aromatic rings. The van der Waals surface area contributed by atoms with E-state index in [1.165, 1.54) is 6.08 Å². The van der Waals surface area contributed by atoms with Crippen LogP contribution in [0.5, 0.6) is 0 Å². The van der Waals surface area contributed by atoms with E-state index in [1.807, 2.05) is 6.92 Å². The topological polar surface area (TPSA) is 79.0 Å². The second-order valence-electron chi connectivity index (χ2n) is 3.86. The highest BCUT2D eigenvalue weighted by Crippen LogP contribution is 2.31. The van der Waals surface area contributed by atoms with Crippen LogP contribution in [-0.2, 0) is 11.2 Å². The van der Waals surface area contributed by atoms with E-state index in [-0.39, 0.29) is 15.2 Å². The molecule has 8 heteroatoms. The van der Waals surface area contributed by atoms with Gasteiger partial charge in [0.1, 0.15) is 0 Å². The van der Waals surface area contributed by atoms with Gasteiger partial charge in [0.05, 0.1) is 16.0 Å². The molecule has 0 unspecified atom stereocenters. The van der Waals surface area contributed by atoms with E-state index < -0.39 is 5.97 Å². The zero-order valence-corrected chi connectivity index (χ0v) is 13.1. The molecule has 0 fully saturated rings. The van der Waals surface area contributed by atoms with Crippen LogP contribution >= 0.6 is 35.0 Å². The molecule has 0 saturated heterocycles. The van der Waals surface area contributed by atoms with Crippen molar-refractivity contribution in [1.29, 1.82) is 0 Å². The molecule has 0 saturated carbocycles. The third kappa shape index (κ3) is 4.00. The van der Waals surface area contributed by atoms with Gasteiger partial charge in [-0.25, -0.2) is 0 Å². The van der Waals surface area contributed by atoms with Gasteiger partial charge in [-0.2, -0.15) is 0 Å². The Morgan fingerprint density at radius 3 is 2.81 bits per heavy atom. The van der Waals surface area contributed by atoms with Crippen molar-refractivity contribution in [1.82, 2.24) is 10.2 Å². The highest BCUT2D eigenvalue weighted by atomic mass is 35.5. The third-order valence-corrected chi connectivity index (χ3v) is 4.09. The molecule has 1 aromatic carbocycles. The highest BCUT2D eigenvalue weighted by Gasteiger charge is 2.11. The van der Waals surface area contributed by atoms with Gasteiger partial charge in [-0.3, -0.25) is 0 Å². The number of aromatic nitrogens is 2. The molecular weight excluding hydrogens is 335 g/mol. The SMILES string of the molecule is CCc1nnc(S/C(=C\c2cccc(Cl)c2Cl)C(=O)[O-])o1. The highest BCUT2D eigenvalue weighted by molar-refractivity contribution is 8.03. The van der Waals surface area contributed by atoms with Crippen LogP contribution in [0.15, 0.2) is 32.7 Å². The van der Waals surface area contributed by atoms with Crippen molar-refractivity contribution < 1.29 is 14.3 Å². The first-order valence-corrected chi connectivity index (χ1v) is 7.45. The fraction of sp³-hybridized carbons (Fsp3) is 0.154. The molecule has 0 aliphatic rings. The maximum absolute atomic E-state index is 11.2. The van der Waals surface area contributed by atoms with E-state index in [1.54, 1.807) is 18.2 Å². The Hall–Kier alpha value is -1.50. The van der Waals surface area contributed by atoms with Crippen LogP contribution in [0.2, 0.25) is 10.0 Å². The van der Waals surface area contributed by atoms with Crippen molar-refractivity contribution in [3.05, 3.63) is 44.6 Å². The van der Waals surface area contributed by atoms with E-state index in [9.17, 15) is 9.90 Å². The monoisotopic (exact) mass is 343 g/mol. The second-order valence-corrected chi connectivity index (χ2v) is 5.63. The van der Waals surface area contributed by atoms with Gasteiger partial charge in [-0.15, -0.1) is 10.2 Å². The van der Waals surface area contributed by atoms with Crippen molar-refractivity contribution in [3.63, 3.8) is 0 Å². The first-order chi connectivity index (χ1) is 10.0. The summed E-state index contributed by atoms with van der Waals surface area (Å²) in [5.74, 6) is -0.941. The van der Waals surface area contributed by atoms with Crippen molar-refractivity contribution in [2.24, 2.45) is 0 Å². The number of aryl methyl sites for hydroxylation is 1. The number of hydrogen-bond donors (Lipinski definition) is 0. The average molecular weight is 344 g/mol. The summed E-state index contributed by atoms with van der Waals surface area (Å²) in [7, 11) is 0. The molecule has 1 heterocycles. The number of rotatable bonds is 5. The zero-order chi connectivity index (χ0) is 15.4. The number of carboxylic acid groups (broad SMARTS) is 1. The summed E-state index contributed by atoms with van der Waals surface area (Å²) in [6.45, 7) is 1.85. The summed E-state index contributed by atoms with van der Waals surface area (Å²) in [6.07, 6.45) is 1.92. The maximum atomic E-state index is 11.2. The van der Waals surface area contributed by atoms with Gasteiger partial charge in [-0.05, 0) is 29.5 Å². The van der Waals surface area contributed by atoms with Crippen molar-refractivity contribution in [2.45, 2.75) is 18.6 Å². The smallest absolute Gasteiger partial charge is 0.281 e. The lowest BCUT2D eigenvalue weighted by atomic mass is 10.2. The fourth-order valence-corrected chi connectivity index (χ4v) is 2.46. The Labute approximate surface area is 135 Å². The number of benzene rings is 1. The van der Waals surface area contributed by atoms with Crippen LogP contribution < -0.4 is 5.11 Å². The molecule has 0 radical (unpaired) electrons. The largest absolute Gasteiger partial charge is 0.544 e. The molecule has 2 rings (SSSR count). The molecular formula is C13H9Cl2N2O3S-. The first-order valence-electron chi connectivity index (χ1n) is 5.88. The maximum Gasteiger partial charge on any atom is 0.281 e. The minimum absolute atomic E-state index is 0.106. The number of hydrogen-bond acceptors (Lipinski definition) is 6. The number of carbonyl (C=O) groups excluding carboxylic acids is 1. The summed E-state index contributed by atoms with van der Waals surface area (Å²) < 4.78 is 5.25. The van der Waals surface area contributed by atoms with Gasteiger partial charge in [0.25, 0.3) is 5.22 Å². The number of carbonyl (C=O) groups is 1. The van der Waals surface area contributed by atoms with Crippen LogP contribution in [0.25, 0.3) is 6.08 Å². The number of thioether (sulfide) groups is 1. The van der Waals surface area contributed by atoms with Crippen LogP contribution in [-0.4, -0.2) is 16.2 Å². The lowest BCUT2D eigenvalue weighted by molar-refractivity contribution is -0.298. The van der Waals surface area contributed by atoms with Gasteiger partial charge < -0.3 is 14.3 Å². The summed E-state index contributed by atoms with van der Waals surface area (Å²) in [5, 5.41) is 19.4. The molecule has 0 atom stereocenters. The Morgan fingerprint density at radius 2 is 2.19 bits per heavy atom. The van der Waals surface area contributed by atoms with E-state index in [2.05, 4.69) is 10.2 Å². The van der Waals surface area contributed by atoms with Crippen LogP contribution in [0.3, 0.4) is 0 Å². The van der Waals surface area contributed by atoms with E-state index in [4.69, 9.17) is 27.6 Å². The van der Waals surface area contributed by atoms with E-state index >= 15 is 0 Å². The van der Waals surface area contributed by atoms with Gasteiger partial charge in [-0.1, -0.05) is 42.3 Å². The summed E-state index contributed by atoms with van der Waals surface area (Å²) in [5.41, 5.74) is 0.464. The molecule has 0 aliphatic carbocycles. The van der Waals surface area contributed by atoms with Crippen LogP contribution in [0.1, 0.15) is 18.4 Å². The van der Waals surface area contributed by atoms with Gasteiger partial charge in [0.2, 0.25) is 5.89 Å². The normalized spacial score (nSPS) is 11.7. The standard InChI is InChI=1S/C13H10Cl2N2O3S/c1-2-10-16-17-13(20-10)21-9(12(18)19)6-7-4-3-5-8(14)11(7)15/h3-6H,2H2,1H3,(H,18,19)/p-1/b9-6-. The summed E-state index contributed by atoms with van der Waals surface area (Å²) in [6, 6.07) is 4.92. The molecule has 0 aliphatic heterocycles. The van der Waals surface area contributed by atoms with E-state index in [0.717, 1.165) is 11.8 Å². The Balaban J connectivity index is 2.32. The number of aliphatic carboxylic acids is 1.